The molecule has 4 rings (SSSR count). The Morgan fingerprint density at radius 1 is 1.44 bits per heavy atom. The van der Waals surface area contributed by atoms with Crippen LogP contribution in [0.2, 0.25) is 0 Å². The first-order valence-corrected chi connectivity index (χ1v) is 9.00. The van der Waals surface area contributed by atoms with E-state index >= 15 is 0 Å². The highest BCUT2D eigenvalue weighted by atomic mass is 32.1. The Bertz CT molecular complexity index is 904. The van der Waals surface area contributed by atoms with Crippen LogP contribution in [0.1, 0.15) is 25.3 Å². The molecule has 25 heavy (non-hydrogen) atoms. The molecular weight excluding hydrogens is 340 g/mol. The van der Waals surface area contributed by atoms with Crippen molar-refractivity contribution in [3.05, 3.63) is 23.8 Å². The number of carbonyl (C=O) groups is 3. The van der Waals surface area contributed by atoms with Gasteiger partial charge in [0.25, 0.3) is 5.91 Å². The van der Waals surface area contributed by atoms with Gasteiger partial charge in [-0.3, -0.25) is 14.5 Å². The van der Waals surface area contributed by atoms with E-state index in [9.17, 15) is 14.4 Å². The number of benzene rings is 1. The van der Waals surface area contributed by atoms with Crippen molar-refractivity contribution in [2.75, 3.05) is 11.9 Å². The fourth-order valence-electron chi connectivity index (χ4n) is 3.24. The first kappa shape index (κ1) is 16.0. The molecule has 2 aliphatic rings. The molecule has 0 unspecified atom stereocenters. The van der Waals surface area contributed by atoms with Crippen molar-refractivity contribution >= 4 is 44.5 Å². The number of hydrogen-bond donors (Lipinski definition) is 2. The number of rotatable bonds is 4. The molecule has 2 N–H and O–H groups in total. The zero-order valence-electron chi connectivity index (χ0n) is 14.0. The van der Waals surface area contributed by atoms with Crippen LogP contribution >= 0.6 is 11.3 Å². The molecule has 1 aromatic heterocycles. The van der Waals surface area contributed by atoms with E-state index in [1.54, 1.807) is 6.92 Å². The fraction of sp³-hybridized carbons (Fsp3) is 0.412. The normalized spacial score (nSPS) is 23.2. The van der Waals surface area contributed by atoms with Crippen molar-refractivity contribution in [2.45, 2.75) is 32.2 Å². The summed E-state index contributed by atoms with van der Waals surface area (Å²) >= 11 is 1.37. The summed E-state index contributed by atoms with van der Waals surface area (Å²) in [5.41, 5.74) is 1.01. The molecule has 2 fully saturated rings. The fourth-order valence-corrected chi connectivity index (χ4v) is 4.20. The molecule has 1 aliphatic heterocycles. The van der Waals surface area contributed by atoms with Crippen LogP contribution in [-0.2, 0) is 9.59 Å². The highest BCUT2D eigenvalue weighted by molar-refractivity contribution is 7.22. The first-order chi connectivity index (χ1) is 11.9. The molecule has 1 saturated carbocycles. The van der Waals surface area contributed by atoms with Gasteiger partial charge in [-0.1, -0.05) is 23.5 Å². The lowest BCUT2D eigenvalue weighted by atomic mass is 9.96. The number of nitrogens with one attached hydrogen (secondary N) is 2. The predicted octanol–water partition coefficient (Wildman–Crippen LogP) is 2.26. The highest BCUT2D eigenvalue weighted by Gasteiger charge is 2.56. The zero-order chi connectivity index (χ0) is 17.8. The molecule has 1 aromatic carbocycles. The highest BCUT2D eigenvalue weighted by Crippen LogP contribution is 2.42. The number of amides is 4. The molecule has 2 aromatic rings. The Kier molecular flexibility index (Phi) is 3.54. The topological polar surface area (TPSA) is 91.4 Å². The Morgan fingerprint density at radius 3 is 2.88 bits per heavy atom. The average Bonchev–Trinajstić information content (AvgIpc) is 3.29. The van der Waals surface area contributed by atoms with E-state index in [1.807, 2.05) is 25.1 Å². The second-order valence-electron chi connectivity index (χ2n) is 6.79. The lowest BCUT2D eigenvalue weighted by Gasteiger charge is -2.20. The molecular formula is C17H18N4O3S. The van der Waals surface area contributed by atoms with E-state index < -0.39 is 17.5 Å². The van der Waals surface area contributed by atoms with Gasteiger partial charge in [0, 0.05) is 0 Å². The summed E-state index contributed by atoms with van der Waals surface area (Å²) in [4.78, 5) is 42.4. The summed E-state index contributed by atoms with van der Waals surface area (Å²) in [6, 6.07) is 5.33. The number of aromatic nitrogens is 1. The monoisotopic (exact) mass is 358 g/mol. The third kappa shape index (κ3) is 2.66. The van der Waals surface area contributed by atoms with E-state index in [4.69, 9.17) is 0 Å². The smallest absolute Gasteiger partial charge is 0.323 e. The van der Waals surface area contributed by atoms with Crippen LogP contribution in [0.5, 0.6) is 0 Å². The van der Waals surface area contributed by atoms with Crippen molar-refractivity contribution in [1.29, 1.82) is 0 Å². The molecule has 2 heterocycles. The summed E-state index contributed by atoms with van der Waals surface area (Å²) in [7, 11) is 0. The van der Waals surface area contributed by atoms with Crippen molar-refractivity contribution < 1.29 is 14.4 Å². The summed E-state index contributed by atoms with van der Waals surface area (Å²) in [6.45, 7) is 3.39. The number of hydrogen-bond acceptors (Lipinski definition) is 5. The van der Waals surface area contributed by atoms with Gasteiger partial charge in [-0.15, -0.1) is 0 Å². The van der Waals surface area contributed by atoms with E-state index in [2.05, 4.69) is 15.6 Å². The number of imide groups is 1. The van der Waals surface area contributed by atoms with Crippen LogP contribution in [0.25, 0.3) is 10.2 Å². The molecule has 4 amide bonds. The van der Waals surface area contributed by atoms with E-state index in [1.165, 1.54) is 11.3 Å². The van der Waals surface area contributed by atoms with Gasteiger partial charge in [0.1, 0.15) is 12.1 Å². The Hall–Kier alpha value is -2.48. The lowest BCUT2D eigenvalue weighted by Crippen LogP contribution is -2.46. The Balaban J connectivity index is 1.47. The maximum Gasteiger partial charge on any atom is 0.325 e. The number of aryl methyl sites for hydroxylation is 1. The van der Waals surface area contributed by atoms with Gasteiger partial charge >= 0.3 is 6.03 Å². The van der Waals surface area contributed by atoms with Crippen LogP contribution in [0.3, 0.4) is 0 Å². The zero-order valence-corrected chi connectivity index (χ0v) is 14.8. The van der Waals surface area contributed by atoms with Gasteiger partial charge < -0.3 is 10.6 Å². The first-order valence-electron chi connectivity index (χ1n) is 8.18. The maximum absolute atomic E-state index is 12.5. The number of fused-ring (bicyclic) bond motifs is 1. The second kappa shape index (κ2) is 5.52. The van der Waals surface area contributed by atoms with E-state index in [-0.39, 0.29) is 18.4 Å². The van der Waals surface area contributed by atoms with Crippen LogP contribution in [0.4, 0.5) is 9.93 Å². The van der Waals surface area contributed by atoms with Gasteiger partial charge in [0.05, 0.1) is 10.2 Å². The number of anilines is 1. The van der Waals surface area contributed by atoms with Gasteiger partial charge in [-0.05, 0) is 44.2 Å². The van der Waals surface area contributed by atoms with Crippen molar-refractivity contribution in [3.8, 4) is 0 Å². The van der Waals surface area contributed by atoms with Crippen LogP contribution < -0.4 is 10.6 Å². The van der Waals surface area contributed by atoms with Crippen LogP contribution in [0.15, 0.2) is 18.2 Å². The minimum atomic E-state index is -0.871. The van der Waals surface area contributed by atoms with Crippen LogP contribution in [-0.4, -0.2) is 39.8 Å². The van der Waals surface area contributed by atoms with Gasteiger partial charge in [-0.2, -0.15) is 0 Å². The maximum atomic E-state index is 12.5. The molecule has 130 valence electrons. The summed E-state index contributed by atoms with van der Waals surface area (Å²) < 4.78 is 0.978. The van der Waals surface area contributed by atoms with Crippen LogP contribution in [0, 0.1) is 12.8 Å². The van der Waals surface area contributed by atoms with E-state index in [0.717, 1.165) is 33.5 Å². The molecule has 0 bridgehead atoms. The minimum absolute atomic E-state index is 0.171. The van der Waals surface area contributed by atoms with E-state index in [0.29, 0.717) is 5.13 Å². The molecule has 7 nitrogen and oxygen atoms in total. The number of urea groups is 1. The molecule has 0 spiro atoms. The quantitative estimate of drug-likeness (QED) is 0.820. The number of thiazole rings is 1. The van der Waals surface area contributed by atoms with Crippen molar-refractivity contribution in [3.63, 3.8) is 0 Å². The lowest BCUT2D eigenvalue weighted by molar-refractivity contribution is -0.134. The molecule has 0 radical (unpaired) electrons. The third-order valence-corrected chi connectivity index (χ3v) is 5.80. The number of nitrogens with zero attached hydrogens (tertiary/aromatic N) is 2. The Labute approximate surface area is 148 Å². The van der Waals surface area contributed by atoms with Gasteiger partial charge in [0.2, 0.25) is 5.91 Å². The van der Waals surface area contributed by atoms with Gasteiger partial charge in [0.15, 0.2) is 5.13 Å². The number of carbonyl (C=O) groups excluding carboxylic acids is 3. The SMILES string of the molecule is Cc1cccc2sc(NC(=O)CN3C(=O)N[C@](C)(C4CC4)C3=O)nc12. The minimum Gasteiger partial charge on any atom is -0.323 e. The molecule has 1 aliphatic carbocycles. The molecule has 8 heteroatoms. The Morgan fingerprint density at radius 2 is 2.20 bits per heavy atom. The summed E-state index contributed by atoms with van der Waals surface area (Å²) in [6.07, 6.45) is 1.85. The molecule has 1 atom stereocenters. The predicted molar refractivity (Wildman–Crippen MR) is 94.4 cm³/mol. The number of para-hydroxylation sites is 1. The average molecular weight is 358 g/mol. The largest absolute Gasteiger partial charge is 0.325 e. The van der Waals surface area contributed by atoms with Crippen molar-refractivity contribution in [2.24, 2.45) is 5.92 Å². The summed E-state index contributed by atoms with van der Waals surface area (Å²) in [5, 5.41) is 5.89. The summed E-state index contributed by atoms with van der Waals surface area (Å²) in [5.74, 6) is -0.584. The second-order valence-corrected chi connectivity index (χ2v) is 7.82. The van der Waals surface area contributed by atoms with Gasteiger partial charge in [-0.25, -0.2) is 9.78 Å². The molecule has 1 saturated heterocycles. The standard InChI is InChI=1S/C17H18N4O3S/c1-9-4-3-5-11-13(9)19-15(25-11)18-12(22)8-21-14(23)17(2,10-6-7-10)20-16(21)24/h3-5,10H,6-8H2,1-2H3,(H,20,24)(H,18,19,22)/t17-/m1/s1. The van der Waals surface area contributed by atoms with Crippen molar-refractivity contribution in [1.82, 2.24) is 15.2 Å². The third-order valence-electron chi connectivity index (χ3n) is 4.86.